The second-order valence-corrected chi connectivity index (χ2v) is 15.3. The summed E-state index contributed by atoms with van der Waals surface area (Å²) in [4.78, 5) is 2.40. The van der Waals surface area contributed by atoms with Crippen molar-refractivity contribution < 1.29 is 4.42 Å². The van der Waals surface area contributed by atoms with Crippen LogP contribution in [0.15, 0.2) is 223 Å². The zero-order valence-electron chi connectivity index (χ0n) is 32.1. The second kappa shape index (κ2) is 13.4. The Labute approximate surface area is 341 Å². The first-order chi connectivity index (χ1) is 29.3. The molecule has 0 saturated carbocycles. The molecule has 0 fully saturated rings. The van der Waals surface area contributed by atoms with Crippen molar-refractivity contribution in [2.24, 2.45) is 0 Å². The minimum atomic E-state index is 0.876. The number of hydrogen-bond acceptors (Lipinski definition) is 2. The number of rotatable bonds is 6. The molecular formula is C56H36N2O. The van der Waals surface area contributed by atoms with Crippen molar-refractivity contribution in [2.45, 2.75) is 0 Å². The summed E-state index contributed by atoms with van der Waals surface area (Å²) in [6, 6.07) is 78.8. The van der Waals surface area contributed by atoms with Crippen LogP contribution in [-0.4, -0.2) is 4.57 Å². The summed E-state index contributed by atoms with van der Waals surface area (Å²) in [7, 11) is 0. The molecule has 0 N–H and O–H groups in total. The molecule has 10 aromatic carbocycles. The molecule has 12 rings (SSSR count). The van der Waals surface area contributed by atoms with Gasteiger partial charge < -0.3 is 13.9 Å². The lowest BCUT2D eigenvalue weighted by molar-refractivity contribution is 0.672. The first kappa shape index (κ1) is 33.3. The smallest absolute Gasteiger partial charge is 0.143 e. The number of hydrogen-bond donors (Lipinski definition) is 0. The van der Waals surface area contributed by atoms with Crippen molar-refractivity contribution >= 4 is 82.4 Å². The monoisotopic (exact) mass is 752 g/mol. The van der Waals surface area contributed by atoms with Gasteiger partial charge in [0.2, 0.25) is 0 Å². The summed E-state index contributed by atoms with van der Waals surface area (Å²) in [5.41, 5.74) is 13.3. The van der Waals surface area contributed by atoms with E-state index in [0.29, 0.717) is 0 Å². The van der Waals surface area contributed by atoms with Crippen LogP contribution < -0.4 is 4.90 Å². The second-order valence-electron chi connectivity index (χ2n) is 15.3. The van der Waals surface area contributed by atoms with Gasteiger partial charge in [0.1, 0.15) is 11.2 Å². The van der Waals surface area contributed by atoms with Crippen LogP contribution in [0.3, 0.4) is 0 Å². The lowest BCUT2D eigenvalue weighted by atomic mass is 9.96. The molecule has 2 heterocycles. The first-order valence-electron chi connectivity index (χ1n) is 20.2. The van der Waals surface area contributed by atoms with Gasteiger partial charge in [-0.25, -0.2) is 0 Å². The lowest BCUT2D eigenvalue weighted by Gasteiger charge is -2.28. The molecule has 0 aliphatic rings. The highest BCUT2D eigenvalue weighted by molar-refractivity contribution is 6.16. The summed E-state index contributed by atoms with van der Waals surface area (Å²) in [6.45, 7) is 0. The van der Waals surface area contributed by atoms with Crippen LogP contribution >= 0.6 is 0 Å². The van der Waals surface area contributed by atoms with Gasteiger partial charge in [0.15, 0.2) is 0 Å². The van der Waals surface area contributed by atoms with Gasteiger partial charge in [0.25, 0.3) is 0 Å². The van der Waals surface area contributed by atoms with Crippen molar-refractivity contribution in [2.75, 3.05) is 4.90 Å². The van der Waals surface area contributed by atoms with Crippen LogP contribution in [0.4, 0.5) is 17.1 Å². The van der Waals surface area contributed by atoms with E-state index >= 15 is 0 Å². The molecule has 0 amide bonds. The predicted molar refractivity (Wildman–Crippen MR) is 249 cm³/mol. The Kier molecular flexibility index (Phi) is 7.54. The maximum atomic E-state index is 6.58. The summed E-state index contributed by atoms with van der Waals surface area (Å²) in [5, 5.41) is 9.47. The highest BCUT2D eigenvalue weighted by Gasteiger charge is 2.21. The topological polar surface area (TPSA) is 21.3 Å². The van der Waals surface area contributed by atoms with E-state index in [-0.39, 0.29) is 0 Å². The van der Waals surface area contributed by atoms with E-state index < -0.39 is 0 Å². The van der Waals surface area contributed by atoms with Crippen LogP contribution in [0, 0.1) is 0 Å². The molecule has 59 heavy (non-hydrogen) atoms. The number of fused-ring (bicyclic) bond motifs is 9. The Balaban J connectivity index is 1.02. The molecule has 0 atom stereocenters. The van der Waals surface area contributed by atoms with E-state index in [0.717, 1.165) is 66.8 Å². The van der Waals surface area contributed by atoms with Crippen LogP contribution in [0.1, 0.15) is 0 Å². The van der Waals surface area contributed by atoms with E-state index in [1.54, 1.807) is 0 Å². The Morgan fingerprint density at radius 1 is 0.356 bits per heavy atom. The zero-order chi connectivity index (χ0) is 38.9. The molecular weight excluding hydrogens is 717 g/mol. The molecule has 276 valence electrons. The average Bonchev–Trinajstić information content (AvgIpc) is 3.85. The molecule has 2 aromatic heterocycles. The van der Waals surface area contributed by atoms with Crippen LogP contribution in [0.25, 0.3) is 93.2 Å². The Bertz CT molecular complexity index is 3510. The largest absolute Gasteiger partial charge is 0.455 e. The van der Waals surface area contributed by atoms with E-state index in [1.807, 2.05) is 0 Å². The number of nitrogens with zero attached hydrogens (tertiary/aromatic N) is 2. The molecule has 0 spiro atoms. The normalized spacial score (nSPS) is 11.7. The number of anilines is 3. The van der Waals surface area contributed by atoms with Crippen molar-refractivity contribution in [1.29, 1.82) is 0 Å². The van der Waals surface area contributed by atoms with Crippen LogP contribution in [0.5, 0.6) is 0 Å². The third-order valence-corrected chi connectivity index (χ3v) is 12.0. The Morgan fingerprint density at radius 2 is 0.966 bits per heavy atom. The predicted octanol–water partition coefficient (Wildman–Crippen LogP) is 15.8. The van der Waals surface area contributed by atoms with Gasteiger partial charge in [-0.2, -0.15) is 0 Å². The summed E-state index contributed by atoms with van der Waals surface area (Å²) in [5.74, 6) is 0. The zero-order valence-corrected chi connectivity index (χ0v) is 32.1. The third-order valence-electron chi connectivity index (χ3n) is 12.0. The molecule has 0 bridgehead atoms. The number of benzene rings is 10. The van der Waals surface area contributed by atoms with E-state index in [1.165, 1.54) is 43.5 Å². The molecule has 3 nitrogen and oxygen atoms in total. The standard InChI is InChI=1S/C56H36N2O/c1-3-18-44-38(13-1)15-12-23-46(44)47-20-5-8-24-52(47)57(43-32-34-55-51(36-43)50-33-29-39-14-2-4-19-45(39)56(50)59-55)41-30-27-37(28-31-41)40-16-11-17-42(35-40)58-53-25-9-6-21-48(53)49-22-7-10-26-54(49)58/h1-36H. The number of para-hydroxylation sites is 3. The van der Waals surface area contributed by atoms with E-state index in [2.05, 4.69) is 228 Å². The molecule has 0 saturated heterocycles. The van der Waals surface area contributed by atoms with Gasteiger partial charge in [0, 0.05) is 49.6 Å². The van der Waals surface area contributed by atoms with Gasteiger partial charge in [-0.3, -0.25) is 0 Å². The molecule has 0 unspecified atom stereocenters. The maximum Gasteiger partial charge on any atom is 0.143 e. The SMILES string of the molecule is c1cc(-c2ccc(N(c3ccc4oc5c6ccccc6ccc5c4c3)c3ccccc3-c3cccc4ccccc34)cc2)cc(-n2c3ccccc3c3ccccc32)c1. The molecule has 3 heteroatoms. The summed E-state index contributed by atoms with van der Waals surface area (Å²) >= 11 is 0. The quantitative estimate of drug-likeness (QED) is 0.169. The highest BCUT2D eigenvalue weighted by Crippen LogP contribution is 2.45. The van der Waals surface area contributed by atoms with E-state index in [4.69, 9.17) is 4.42 Å². The average molecular weight is 753 g/mol. The van der Waals surface area contributed by atoms with Crippen LogP contribution in [0.2, 0.25) is 0 Å². The summed E-state index contributed by atoms with van der Waals surface area (Å²) < 4.78 is 8.96. The maximum absolute atomic E-state index is 6.58. The van der Waals surface area contributed by atoms with Crippen LogP contribution in [-0.2, 0) is 0 Å². The molecule has 0 aliphatic heterocycles. The Hall–Kier alpha value is -7.88. The minimum Gasteiger partial charge on any atom is -0.455 e. The first-order valence-corrected chi connectivity index (χ1v) is 20.2. The fourth-order valence-electron chi connectivity index (χ4n) is 9.24. The Morgan fingerprint density at radius 3 is 1.76 bits per heavy atom. The van der Waals surface area contributed by atoms with Gasteiger partial charge in [-0.1, -0.05) is 152 Å². The minimum absolute atomic E-state index is 0.876. The van der Waals surface area contributed by atoms with Gasteiger partial charge >= 0.3 is 0 Å². The third kappa shape index (κ3) is 5.36. The number of furan rings is 1. The summed E-state index contributed by atoms with van der Waals surface area (Å²) in [6.07, 6.45) is 0. The fourth-order valence-corrected chi connectivity index (χ4v) is 9.24. The lowest BCUT2D eigenvalue weighted by Crippen LogP contribution is -2.11. The highest BCUT2D eigenvalue weighted by atomic mass is 16.3. The van der Waals surface area contributed by atoms with Gasteiger partial charge in [-0.05, 0) is 99.6 Å². The molecule has 12 aromatic rings. The van der Waals surface area contributed by atoms with Crippen molar-refractivity contribution in [3.05, 3.63) is 218 Å². The van der Waals surface area contributed by atoms with Crippen molar-refractivity contribution in [3.8, 4) is 27.9 Å². The van der Waals surface area contributed by atoms with Gasteiger partial charge in [-0.15, -0.1) is 0 Å². The molecule has 0 radical (unpaired) electrons. The molecule has 0 aliphatic carbocycles. The van der Waals surface area contributed by atoms with Crippen molar-refractivity contribution in [3.63, 3.8) is 0 Å². The fraction of sp³-hybridized carbons (Fsp3) is 0. The van der Waals surface area contributed by atoms with Crippen molar-refractivity contribution in [1.82, 2.24) is 4.57 Å². The van der Waals surface area contributed by atoms with E-state index in [9.17, 15) is 0 Å². The number of aromatic nitrogens is 1. The van der Waals surface area contributed by atoms with Gasteiger partial charge in [0.05, 0.1) is 16.7 Å².